The number of anilines is 2. The van der Waals surface area contributed by atoms with Crippen LogP contribution < -0.4 is 15.8 Å². The highest BCUT2D eigenvalue weighted by Gasteiger charge is 2.25. The molecule has 4 rings (SSSR count). The van der Waals surface area contributed by atoms with Crippen LogP contribution >= 0.6 is 0 Å². The summed E-state index contributed by atoms with van der Waals surface area (Å²) in [6, 6.07) is 4.28. The number of nitrogens with one attached hydrogen (secondary N) is 1. The third-order valence-electron chi connectivity index (χ3n) is 5.32. The van der Waals surface area contributed by atoms with Gasteiger partial charge in [0, 0.05) is 45.0 Å². The van der Waals surface area contributed by atoms with E-state index in [-0.39, 0.29) is 17.2 Å². The largest absolute Gasteiger partial charge is 0.348 e. The fraction of sp³-hybridized carbons (Fsp3) is 0.364. The van der Waals surface area contributed by atoms with Crippen molar-refractivity contribution in [1.29, 1.82) is 0 Å². The molecule has 32 heavy (non-hydrogen) atoms. The Morgan fingerprint density at radius 2 is 1.91 bits per heavy atom. The Kier molecular flexibility index (Phi) is 6.02. The van der Waals surface area contributed by atoms with Gasteiger partial charge in [-0.05, 0) is 24.1 Å². The molecule has 0 saturated carbocycles. The van der Waals surface area contributed by atoms with Gasteiger partial charge < -0.3 is 19.7 Å². The van der Waals surface area contributed by atoms with Gasteiger partial charge in [-0.25, -0.2) is 18.6 Å². The molecular weight excluding hydrogens is 418 g/mol. The predicted octanol–water partition coefficient (Wildman–Crippen LogP) is 3.08. The number of carbonyl (C=O) groups is 1. The highest BCUT2D eigenvalue weighted by Crippen LogP contribution is 2.18. The molecule has 0 atom stereocenters. The van der Waals surface area contributed by atoms with Crippen molar-refractivity contribution in [2.24, 2.45) is 5.92 Å². The van der Waals surface area contributed by atoms with E-state index in [0.717, 1.165) is 12.1 Å². The van der Waals surface area contributed by atoms with Gasteiger partial charge in [0.2, 0.25) is 0 Å². The van der Waals surface area contributed by atoms with Gasteiger partial charge >= 0.3 is 6.03 Å². The number of urea groups is 1. The number of amides is 2. The highest BCUT2D eigenvalue weighted by atomic mass is 19.1. The molecule has 10 heteroatoms. The van der Waals surface area contributed by atoms with E-state index >= 15 is 0 Å². The molecule has 0 bridgehead atoms. The number of halogens is 2. The van der Waals surface area contributed by atoms with Crippen molar-refractivity contribution in [2.45, 2.75) is 20.4 Å². The van der Waals surface area contributed by atoms with Crippen molar-refractivity contribution in [2.75, 3.05) is 36.4 Å². The maximum Gasteiger partial charge on any atom is 0.322 e. The summed E-state index contributed by atoms with van der Waals surface area (Å²) < 4.78 is 28.6. The Morgan fingerprint density at radius 1 is 1.16 bits per heavy atom. The fourth-order valence-electron chi connectivity index (χ4n) is 3.73. The average molecular weight is 442 g/mol. The van der Waals surface area contributed by atoms with Gasteiger partial charge in [-0.1, -0.05) is 13.8 Å². The van der Waals surface area contributed by atoms with E-state index in [4.69, 9.17) is 0 Å². The second kappa shape index (κ2) is 8.89. The lowest BCUT2D eigenvalue weighted by Crippen LogP contribution is -2.51. The zero-order valence-corrected chi connectivity index (χ0v) is 17.9. The van der Waals surface area contributed by atoms with Crippen LogP contribution in [0.3, 0.4) is 0 Å². The number of hydrogen-bond donors (Lipinski definition) is 1. The van der Waals surface area contributed by atoms with Crippen LogP contribution in [0.25, 0.3) is 11.0 Å². The Bertz CT molecular complexity index is 1200. The molecule has 1 fully saturated rings. The van der Waals surface area contributed by atoms with Crippen molar-refractivity contribution < 1.29 is 13.6 Å². The van der Waals surface area contributed by atoms with Crippen LogP contribution in [-0.4, -0.2) is 51.6 Å². The summed E-state index contributed by atoms with van der Waals surface area (Å²) in [5, 5.41) is 2.47. The minimum absolute atomic E-state index is 0.0831. The normalized spacial score (nSPS) is 14.3. The molecule has 1 aliphatic rings. The Hall–Kier alpha value is -3.56. The maximum atomic E-state index is 13.8. The zero-order chi connectivity index (χ0) is 22.8. The van der Waals surface area contributed by atoms with Crippen molar-refractivity contribution >= 4 is 28.6 Å². The van der Waals surface area contributed by atoms with Crippen LogP contribution in [0, 0.1) is 17.6 Å². The SMILES string of the molecule is CC(C)Cn1c(=O)c(N2CCN(C(=O)Nc3ccc(F)cc3F)CC2)nc2ccncc21. The standard InChI is InChI=1S/C22H24F2N6O2/c1-14(2)13-30-19-12-25-6-5-18(19)26-20(21(30)31)28-7-9-29(10-8-28)22(32)27-17-4-3-15(23)11-16(17)24/h3-6,11-12,14H,7-10,13H2,1-2H3,(H,27,32). The first-order valence-electron chi connectivity index (χ1n) is 10.4. The lowest BCUT2D eigenvalue weighted by Gasteiger charge is -2.35. The summed E-state index contributed by atoms with van der Waals surface area (Å²) in [6.07, 6.45) is 3.28. The van der Waals surface area contributed by atoms with Crippen molar-refractivity contribution in [1.82, 2.24) is 19.4 Å². The lowest BCUT2D eigenvalue weighted by molar-refractivity contribution is 0.208. The molecule has 2 amide bonds. The summed E-state index contributed by atoms with van der Waals surface area (Å²) in [7, 11) is 0. The minimum atomic E-state index is -0.836. The van der Waals surface area contributed by atoms with Gasteiger partial charge in [-0.3, -0.25) is 9.78 Å². The molecule has 2 aromatic heterocycles. The molecule has 3 aromatic rings. The summed E-state index contributed by atoms with van der Waals surface area (Å²) in [5.41, 5.74) is 1.10. The quantitative estimate of drug-likeness (QED) is 0.672. The average Bonchev–Trinajstić information content (AvgIpc) is 2.77. The van der Waals surface area contributed by atoms with Crippen LogP contribution in [0.5, 0.6) is 0 Å². The van der Waals surface area contributed by atoms with Crippen molar-refractivity contribution in [3.05, 3.63) is 58.6 Å². The molecule has 0 aliphatic carbocycles. The number of nitrogens with zero attached hydrogens (tertiary/aromatic N) is 5. The van der Waals surface area contributed by atoms with Crippen molar-refractivity contribution in [3.8, 4) is 0 Å². The summed E-state index contributed by atoms with van der Waals surface area (Å²) in [5.74, 6) is -0.943. The van der Waals surface area contributed by atoms with Crippen molar-refractivity contribution in [3.63, 3.8) is 0 Å². The molecule has 1 saturated heterocycles. The molecule has 1 aliphatic heterocycles. The number of hydrogen-bond acceptors (Lipinski definition) is 5. The lowest BCUT2D eigenvalue weighted by atomic mass is 10.2. The first-order valence-corrected chi connectivity index (χ1v) is 10.4. The molecule has 1 N–H and O–H groups in total. The Morgan fingerprint density at radius 3 is 2.59 bits per heavy atom. The third-order valence-corrected chi connectivity index (χ3v) is 5.32. The van der Waals surface area contributed by atoms with E-state index in [1.807, 2.05) is 18.7 Å². The summed E-state index contributed by atoms with van der Waals surface area (Å²) in [6.45, 7) is 6.08. The monoisotopic (exact) mass is 442 g/mol. The molecule has 0 unspecified atom stereocenters. The van der Waals surface area contributed by atoms with Crippen LogP contribution in [0.1, 0.15) is 13.8 Å². The van der Waals surface area contributed by atoms with E-state index < -0.39 is 17.7 Å². The van der Waals surface area contributed by atoms with Crippen LogP contribution in [0.15, 0.2) is 41.5 Å². The van der Waals surface area contributed by atoms with Gasteiger partial charge in [-0.15, -0.1) is 0 Å². The Labute approximate surface area is 183 Å². The van der Waals surface area contributed by atoms with Gasteiger partial charge in [0.1, 0.15) is 11.6 Å². The second-order valence-corrected chi connectivity index (χ2v) is 8.14. The minimum Gasteiger partial charge on any atom is -0.348 e. The molecule has 0 spiro atoms. The number of rotatable bonds is 4. The smallest absolute Gasteiger partial charge is 0.322 e. The number of fused-ring (bicyclic) bond motifs is 1. The number of piperazine rings is 1. The topological polar surface area (TPSA) is 83.4 Å². The van der Waals surface area contributed by atoms with Gasteiger partial charge in [0.05, 0.1) is 22.9 Å². The zero-order valence-electron chi connectivity index (χ0n) is 17.9. The van der Waals surface area contributed by atoms with Crippen LogP contribution in [0.4, 0.5) is 25.1 Å². The summed E-state index contributed by atoms with van der Waals surface area (Å²) in [4.78, 5) is 37.8. The van der Waals surface area contributed by atoms with Crippen LogP contribution in [-0.2, 0) is 6.54 Å². The molecule has 8 nitrogen and oxygen atoms in total. The van der Waals surface area contributed by atoms with E-state index in [9.17, 15) is 18.4 Å². The fourth-order valence-corrected chi connectivity index (χ4v) is 3.73. The second-order valence-electron chi connectivity index (χ2n) is 8.14. The molecular formula is C22H24F2N6O2. The van der Waals surface area contributed by atoms with Gasteiger partial charge in [-0.2, -0.15) is 0 Å². The number of aromatic nitrogens is 3. The molecule has 1 aromatic carbocycles. The molecule has 0 radical (unpaired) electrons. The molecule has 168 valence electrons. The Balaban J connectivity index is 1.51. The number of benzene rings is 1. The summed E-state index contributed by atoms with van der Waals surface area (Å²) >= 11 is 0. The van der Waals surface area contributed by atoms with Gasteiger partial charge in [0.15, 0.2) is 5.82 Å². The first-order chi connectivity index (χ1) is 15.3. The van der Waals surface area contributed by atoms with Crippen LogP contribution in [0.2, 0.25) is 0 Å². The van der Waals surface area contributed by atoms with E-state index in [0.29, 0.717) is 49.6 Å². The van der Waals surface area contributed by atoms with E-state index in [2.05, 4.69) is 15.3 Å². The van der Waals surface area contributed by atoms with E-state index in [1.165, 1.54) is 11.0 Å². The highest BCUT2D eigenvalue weighted by molar-refractivity contribution is 5.89. The predicted molar refractivity (Wildman–Crippen MR) is 118 cm³/mol. The van der Waals surface area contributed by atoms with E-state index in [1.54, 1.807) is 23.0 Å². The molecule has 3 heterocycles. The van der Waals surface area contributed by atoms with Gasteiger partial charge in [0.25, 0.3) is 5.56 Å². The number of carbonyl (C=O) groups excluding carboxylic acids is 1. The number of pyridine rings is 1. The maximum absolute atomic E-state index is 13.8. The third kappa shape index (κ3) is 4.39. The first kappa shape index (κ1) is 21.7.